The van der Waals surface area contributed by atoms with Crippen molar-refractivity contribution in [2.75, 3.05) is 32.6 Å². The second kappa shape index (κ2) is 11.5. The molecule has 6 heteroatoms. The van der Waals surface area contributed by atoms with E-state index in [0.29, 0.717) is 19.6 Å². The molecule has 0 atom stereocenters. The Morgan fingerprint density at radius 3 is 2.16 bits per heavy atom. The van der Waals surface area contributed by atoms with Gasteiger partial charge < -0.3 is 20.1 Å². The lowest BCUT2D eigenvalue weighted by Crippen LogP contribution is -2.18. The fourth-order valence-electron chi connectivity index (χ4n) is 2.15. The average Bonchev–Trinajstić information content (AvgIpc) is 2.61. The predicted molar refractivity (Wildman–Crippen MR) is 103 cm³/mol. The van der Waals surface area contributed by atoms with Crippen molar-refractivity contribution in [3.63, 3.8) is 0 Å². The minimum atomic E-state index is -0.00957. The van der Waals surface area contributed by atoms with Crippen LogP contribution in [0.5, 0.6) is 11.5 Å². The first-order chi connectivity index (χ1) is 11.7. The van der Waals surface area contributed by atoms with Crippen molar-refractivity contribution in [3.05, 3.63) is 54.1 Å². The molecule has 0 aliphatic heterocycles. The molecule has 0 fully saturated rings. The number of hydrogen-bond donors (Lipinski definition) is 2. The number of amides is 1. The largest absolute Gasteiger partial charge is 0.457 e. The zero-order valence-electron chi connectivity index (χ0n) is 14.6. The summed E-state index contributed by atoms with van der Waals surface area (Å²) in [6.45, 7) is 1.37. The van der Waals surface area contributed by atoms with Crippen LogP contribution in [0.25, 0.3) is 0 Å². The van der Waals surface area contributed by atoms with E-state index < -0.39 is 0 Å². The molecule has 2 aromatic carbocycles. The van der Waals surface area contributed by atoms with Gasteiger partial charge in [-0.1, -0.05) is 12.1 Å². The number of carbonyl (C=O) groups excluding carboxylic acids is 1. The average molecular weight is 365 g/mol. The van der Waals surface area contributed by atoms with Crippen molar-refractivity contribution < 1.29 is 14.3 Å². The number of nitrogens with one attached hydrogen (secondary N) is 2. The van der Waals surface area contributed by atoms with E-state index in [4.69, 9.17) is 9.47 Å². The number of benzene rings is 2. The third-order valence-electron chi connectivity index (χ3n) is 3.49. The molecule has 0 saturated heterocycles. The second-order valence-corrected chi connectivity index (χ2v) is 5.41. The second-order valence-electron chi connectivity index (χ2n) is 5.41. The SMILES string of the molecule is CNCCC(=O)Nc1ccc(Oc2ccc(CCOC)cc2)cc1.Cl. The molecule has 2 aromatic rings. The number of anilines is 1. The maximum atomic E-state index is 11.7. The summed E-state index contributed by atoms with van der Waals surface area (Å²) in [5, 5.41) is 5.80. The van der Waals surface area contributed by atoms with Crippen molar-refractivity contribution in [1.82, 2.24) is 5.32 Å². The summed E-state index contributed by atoms with van der Waals surface area (Å²) in [7, 11) is 3.52. The Morgan fingerprint density at radius 2 is 1.60 bits per heavy atom. The fraction of sp³-hybridized carbons (Fsp3) is 0.316. The number of ether oxygens (including phenoxy) is 2. The fourth-order valence-corrected chi connectivity index (χ4v) is 2.15. The maximum absolute atomic E-state index is 11.7. The van der Waals surface area contributed by atoms with Crippen LogP contribution in [0.1, 0.15) is 12.0 Å². The lowest BCUT2D eigenvalue weighted by molar-refractivity contribution is -0.116. The number of hydrogen-bond acceptors (Lipinski definition) is 4. The van der Waals surface area contributed by atoms with Gasteiger partial charge in [0.1, 0.15) is 11.5 Å². The molecule has 0 unspecified atom stereocenters. The molecular formula is C19H25ClN2O3. The molecule has 0 bridgehead atoms. The molecule has 1 amide bonds. The molecule has 136 valence electrons. The molecule has 5 nitrogen and oxygen atoms in total. The molecule has 25 heavy (non-hydrogen) atoms. The summed E-state index contributed by atoms with van der Waals surface area (Å²) in [4.78, 5) is 11.7. The van der Waals surface area contributed by atoms with Crippen LogP contribution in [0.3, 0.4) is 0 Å². The molecule has 0 saturated carbocycles. The molecule has 2 N–H and O–H groups in total. The summed E-state index contributed by atoms with van der Waals surface area (Å²) in [6.07, 6.45) is 1.34. The van der Waals surface area contributed by atoms with Crippen LogP contribution in [0, 0.1) is 0 Å². The van der Waals surface area contributed by atoms with Crippen LogP contribution >= 0.6 is 12.4 Å². The summed E-state index contributed by atoms with van der Waals surface area (Å²) >= 11 is 0. The van der Waals surface area contributed by atoms with E-state index in [1.807, 2.05) is 55.6 Å². The van der Waals surface area contributed by atoms with Crippen LogP contribution in [0.15, 0.2) is 48.5 Å². The van der Waals surface area contributed by atoms with Gasteiger partial charge in [0, 0.05) is 25.8 Å². The van der Waals surface area contributed by atoms with Gasteiger partial charge in [0.15, 0.2) is 0 Å². The van der Waals surface area contributed by atoms with Gasteiger partial charge in [-0.25, -0.2) is 0 Å². The maximum Gasteiger partial charge on any atom is 0.225 e. The normalized spacial score (nSPS) is 10.0. The van der Waals surface area contributed by atoms with Crippen molar-refractivity contribution >= 4 is 24.0 Å². The standard InChI is InChI=1S/C19H24N2O3.ClH/c1-20-13-11-19(22)21-16-5-9-18(10-6-16)24-17-7-3-15(4-8-17)12-14-23-2;/h3-10,20H,11-14H2,1-2H3,(H,21,22);1H. The summed E-state index contributed by atoms with van der Waals surface area (Å²) < 4.78 is 10.9. The molecule has 0 heterocycles. The highest BCUT2D eigenvalue weighted by molar-refractivity contribution is 5.90. The van der Waals surface area contributed by atoms with Crippen LogP contribution in [0.4, 0.5) is 5.69 Å². The first-order valence-corrected chi connectivity index (χ1v) is 8.01. The molecule has 0 aromatic heterocycles. The van der Waals surface area contributed by atoms with Gasteiger partial charge in [-0.2, -0.15) is 0 Å². The van der Waals surface area contributed by atoms with Gasteiger partial charge in [0.05, 0.1) is 6.61 Å². The third kappa shape index (κ3) is 7.56. The zero-order chi connectivity index (χ0) is 17.2. The Labute approximate surface area is 155 Å². The van der Waals surface area contributed by atoms with E-state index in [1.165, 1.54) is 5.56 Å². The van der Waals surface area contributed by atoms with Crippen molar-refractivity contribution in [2.24, 2.45) is 0 Å². The van der Waals surface area contributed by atoms with E-state index in [-0.39, 0.29) is 18.3 Å². The van der Waals surface area contributed by atoms with Gasteiger partial charge >= 0.3 is 0 Å². The lowest BCUT2D eigenvalue weighted by Gasteiger charge is -2.09. The Morgan fingerprint density at radius 1 is 1.00 bits per heavy atom. The van der Waals surface area contributed by atoms with E-state index in [2.05, 4.69) is 10.6 Å². The number of methoxy groups -OCH3 is 1. The highest BCUT2D eigenvalue weighted by atomic mass is 35.5. The third-order valence-corrected chi connectivity index (χ3v) is 3.49. The number of carbonyl (C=O) groups is 1. The van der Waals surface area contributed by atoms with Crippen molar-refractivity contribution in [1.29, 1.82) is 0 Å². The number of rotatable bonds is 9. The predicted octanol–water partition coefficient (Wildman–Crippen LogP) is 3.64. The van der Waals surface area contributed by atoms with Crippen LogP contribution in [-0.4, -0.2) is 33.2 Å². The molecule has 0 aliphatic carbocycles. The number of halogens is 1. The van der Waals surface area contributed by atoms with Gasteiger partial charge in [0.25, 0.3) is 0 Å². The Bertz CT molecular complexity index is 630. The smallest absolute Gasteiger partial charge is 0.225 e. The summed E-state index contributed by atoms with van der Waals surface area (Å²) in [5.74, 6) is 1.50. The zero-order valence-corrected chi connectivity index (χ0v) is 15.4. The summed E-state index contributed by atoms with van der Waals surface area (Å²) in [6, 6.07) is 15.3. The van der Waals surface area contributed by atoms with E-state index in [9.17, 15) is 4.79 Å². The van der Waals surface area contributed by atoms with Crippen LogP contribution in [-0.2, 0) is 16.0 Å². The van der Waals surface area contributed by atoms with E-state index in [1.54, 1.807) is 7.11 Å². The minimum Gasteiger partial charge on any atom is -0.457 e. The van der Waals surface area contributed by atoms with E-state index >= 15 is 0 Å². The van der Waals surface area contributed by atoms with Crippen molar-refractivity contribution in [3.8, 4) is 11.5 Å². The van der Waals surface area contributed by atoms with Crippen LogP contribution < -0.4 is 15.4 Å². The van der Waals surface area contributed by atoms with Gasteiger partial charge in [-0.15, -0.1) is 12.4 Å². The monoisotopic (exact) mass is 364 g/mol. The molecule has 0 aliphatic rings. The molecule has 0 spiro atoms. The molecule has 2 rings (SSSR count). The Balaban J connectivity index is 0.00000312. The quantitative estimate of drug-likeness (QED) is 0.713. The highest BCUT2D eigenvalue weighted by Gasteiger charge is 2.03. The summed E-state index contributed by atoms with van der Waals surface area (Å²) in [5.41, 5.74) is 1.97. The van der Waals surface area contributed by atoms with E-state index in [0.717, 1.165) is 23.6 Å². The Kier molecular flexibility index (Phi) is 9.62. The minimum absolute atomic E-state index is 0. The Hall–Kier alpha value is -2.08. The van der Waals surface area contributed by atoms with Crippen LogP contribution in [0.2, 0.25) is 0 Å². The lowest BCUT2D eigenvalue weighted by atomic mass is 10.1. The first kappa shape index (κ1) is 21.0. The van der Waals surface area contributed by atoms with Gasteiger partial charge in [-0.05, 0) is 55.4 Å². The first-order valence-electron chi connectivity index (χ1n) is 8.01. The molecular weight excluding hydrogens is 340 g/mol. The highest BCUT2D eigenvalue weighted by Crippen LogP contribution is 2.23. The molecule has 0 radical (unpaired) electrons. The topological polar surface area (TPSA) is 59.6 Å². The van der Waals surface area contributed by atoms with Gasteiger partial charge in [0.2, 0.25) is 5.91 Å². The van der Waals surface area contributed by atoms with Crippen molar-refractivity contribution in [2.45, 2.75) is 12.8 Å². The van der Waals surface area contributed by atoms with Gasteiger partial charge in [-0.3, -0.25) is 4.79 Å².